The molecule has 0 aliphatic carbocycles. The largest absolute Gasteiger partial charge is 0.467 e. The molecule has 7 heteroatoms. The van der Waals surface area contributed by atoms with Crippen LogP contribution in [0.25, 0.3) is 10.2 Å². The first kappa shape index (κ1) is 16.1. The van der Waals surface area contributed by atoms with E-state index in [1.807, 2.05) is 38.1 Å². The first-order valence-electron chi connectivity index (χ1n) is 6.93. The van der Waals surface area contributed by atoms with Gasteiger partial charge in [-0.3, -0.25) is 4.79 Å². The van der Waals surface area contributed by atoms with E-state index in [0.29, 0.717) is 5.88 Å². The summed E-state index contributed by atoms with van der Waals surface area (Å²) in [4.78, 5) is 22.5. The van der Waals surface area contributed by atoms with E-state index < -0.39 is 0 Å². The van der Waals surface area contributed by atoms with Crippen molar-refractivity contribution in [3.63, 3.8) is 0 Å². The molecule has 1 aromatic carbocycles. The van der Waals surface area contributed by atoms with Crippen LogP contribution in [0.5, 0.6) is 5.88 Å². The zero-order chi connectivity index (χ0) is 16.4. The number of aryl methyl sites for hydroxylation is 2. The van der Waals surface area contributed by atoms with Crippen molar-refractivity contribution in [1.29, 1.82) is 0 Å². The maximum absolute atomic E-state index is 12.0. The molecular weight excluding hydrogens is 425 g/mol. The number of anilines is 1. The van der Waals surface area contributed by atoms with Crippen molar-refractivity contribution >= 4 is 55.7 Å². The zero-order valence-electron chi connectivity index (χ0n) is 12.6. The first-order chi connectivity index (χ1) is 11.0. The van der Waals surface area contributed by atoms with Crippen LogP contribution >= 0.6 is 33.9 Å². The highest BCUT2D eigenvalue weighted by Gasteiger charge is 2.14. The van der Waals surface area contributed by atoms with E-state index in [1.165, 1.54) is 11.2 Å². The second-order valence-corrected chi connectivity index (χ2v) is 7.43. The Kier molecular flexibility index (Phi) is 4.76. The number of amides is 1. The smallest absolute Gasteiger partial charge is 0.262 e. The molecule has 0 atom stereocenters. The number of rotatable bonds is 4. The van der Waals surface area contributed by atoms with Crippen molar-refractivity contribution in [2.45, 2.75) is 13.8 Å². The number of carbonyl (C=O) groups is 1. The number of hydrogen-bond acceptors (Lipinski definition) is 5. The second-order valence-electron chi connectivity index (χ2n) is 4.99. The van der Waals surface area contributed by atoms with Crippen molar-refractivity contribution < 1.29 is 9.53 Å². The number of ether oxygens (including phenoxy) is 1. The Morgan fingerprint density at radius 1 is 1.26 bits per heavy atom. The van der Waals surface area contributed by atoms with Gasteiger partial charge >= 0.3 is 0 Å². The van der Waals surface area contributed by atoms with Gasteiger partial charge in [0.1, 0.15) is 11.2 Å². The van der Waals surface area contributed by atoms with Crippen LogP contribution in [-0.4, -0.2) is 22.5 Å². The van der Waals surface area contributed by atoms with Crippen LogP contribution in [0, 0.1) is 17.4 Å². The summed E-state index contributed by atoms with van der Waals surface area (Å²) in [5.41, 5.74) is 1.84. The van der Waals surface area contributed by atoms with Crippen LogP contribution in [0.2, 0.25) is 0 Å². The van der Waals surface area contributed by atoms with E-state index in [9.17, 15) is 4.79 Å². The molecule has 2 aromatic heterocycles. The van der Waals surface area contributed by atoms with Gasteiger partial charge in [0.05, 0.1) is 5.39 Å². The van der Waals surface area contributed by atoms with E-state index in [0.717, 1.165) is 25.0 Å². The Morgan fingerprint density at radius 3 is 2.74 bits per heavy atom. The average Bonchev–Trinajstić information content (AvgIpc) is 2.83. The van der Waals surface area contributed by atoms with Crippen LogP contribution < -0.4 is 10.1 Å². The van der Waals surface area contributed by atoms with Gasteiger partial charge in [0, 0.05) is 14.1 Å². The van der Waals surface area contributed by atoms with Crippen molar-refractivity contribution in [1.82, 2.24) is 9.97 Å². The molecule has 3 rings (SSSR count). The van der Waals surface area contributed by atoms with Gasteiger partial charge < -0.3 is 10.1 Å². The standard InChI is InChI=1S/C16H14IN3O2S/c1-9-10(2)23-16-14(9)15(18-8-19-16)22-7-13(21)20-12-5-3-11(17)4-6-12/h3-6,8H,7H2,1-2H3,(H,20,21). The Labute approximate surface area is 151 Å². The van der Waals surface area contributed by atoms with Gasteiger partial charge in [-0.15, -0.1) is 11.3 Å². The third-order valence-electron chi connectivity index (χ3n) is 3.40. The molecule has 1 N–H and O–H groups in total. The first-order valence-corrected chi connectivity index (χ1v) is 8.83. The van der Waals surface area contributed by atoms with Crippen molar-refractivity contribution in [3.05, 3.63) is 44.6 Å². The summed E-state index contributed by atoms with van der Waals surface area (Å²) in [5.74, 6) is 0.234. The maximum atomic E-state index is 12.0. The van der Waals surface area contributed by atoms with E-state index in [2.05, 4.69) is 37.9 Å². The Hall–Kier alpha value is -1.74. The van der Waals surface area contributed by atoms with Gasteiger partial charge in [-0.1, -0.05) is 0 Å². The number of thiophene rings is 1. The highest BCUT2D eigenvalue weighted by Crippen LogP contribution is 2.33. The quantitative estimate of drug-likeness (QED) is 0.626. The molecule has 3 aromatic rings. The number of halogens is 1. The summed E-state index contributed by atoms with van der Waals surface area (Å²) in [5, 5.41) is 3.69. The van der Waals surface area contributed by atoms with Crippen molar-refractivity contribution in [2.24, 2.45) is 0 Å². The number of benzene rings is 1. The lowest BCUT2D eigenvalue weighted by molar-refractivity contribution is -0.118. The molecule has 23 heavy (non-hydrogen) atoms. The van der Waals surface area contributed by atoms with Gasteiger partial charge in [-0.05, 0) is 66.3 Å². The summed E-state index contributed by atoms with van der Waals surface area (Å²) >= 11 is 3.82. The molecule has 0 unspecified atom stereocenters. The number of hydrogen-bond donors (Lipinski definition) is 1. The Morgan fingerprint density at radius 2 is 2.00 bits per heavy atom. The van der Waals surface area contributed by atoms with E-state index >= 15 is 0 Å². The van der Waals surface area contributed by atoms with Gasteiger partial charge in [-0.25, -0.2) is 9.97 Å². The topological polar surface area (TPSA) is 64.1 Å². The molecule has 2 heterocycles. The lowest BCUT2D eigenvalue weighted by atomic mass is 10.2. The number of nitrogens with zero attached hydrogens (tertiary/aromatic N) is 2. The van der Waals surface area contributed by atoms with Gasteiger partial charge in [0.2, 0.25) is 5.88 Å². The zero-order valence-corrected chi connectivity index (χ0v) is 15.6. The summed E-state index contributed by atoms with van der Waals surface area (Å²) in [6.07, 6.45) is 1.46. The molecule has 0 spiro atoms. The number of fused-ring (bicyclic) bond motifs is 1. The molecule has 0 aliphatic heterocycles. The fourth-order valence-corrected chi connectivity index (χ4v) is 3.47. The van der Waals surface area contributed by atoms with Crippen molar-refractivity contribution in [3.8, 4) is 5.88 Å². The molecule has 0 saturated carbocycles. The second kappa shape index (κ2) is 6.79. The molecule has 0 saturated heterocycles. The molecule has 0 aliphatic rings. The number of carbonyl (C=O) groups excluding carboxylic acids is 1. The minimum atomic E-state index is -0.220. The lowest BCUT2D eigenvalue weighted by Gasteiger charge is -2.08. The molecular formula is C16H14IN3O2S. The van der Waals surface area contributed by atoms with Crippen LogP contribution in [0.15, 0.2) is 30.6 Å². The third-order valence-corrected chi connectivity index (χ3v) is 5.23. The fraction of sp³-hybridized carbons (Fsp3) is 0.188. The summed E-state index contributed by atoms with van der Waals surface area (Å²) in [7, 11) is 0. The molecule has 5 nitrogen and oxygen atoms in total. The predicted molar refractivity (Wildman–Crippen MR) is 100 cm³/mol. The van der Waals surface area contributed by atoms with Crippen molar-refractivity contribution in [2.75, 3.05) is 11.9 Å². The van der Waals surface area contributed by atoms with E-state index in [-0.39, 0.29) is 12.5 Å². The maximum Gasteiger partial charge on any atom is 0.262 e. The minimum Gasteiger partial charge on any atom is -0.467 e. The minimum absolute atomic E-state index is 0.0908. The van der Waals surface area contributed by atoms with Gasteiger partial charge in [0.15, 0.2) is 6.61 Å². The van der Waals surface area contributed by atoms with E-state index in [1.54, 1.807) is 11.3 Å². The van der Waals surface area contributed by atoms with E-state index in [4.69, 9.17) is 4.74 Å². The van der Waals surface area contributed by atoms with Crippen LogP contribution in [0.3, 0.4) is 0 Å². The fourth-order valence-electron chi connectivity index (χ4n) is 2.12. The number of nitrogens with one attached hydrogen (secondary N) is 1. The third kappa shape index (κ3) is 3.61. The highest BCUT2D eigenvalue weighted by atomic mass is 127. The predicted octanol–water partition coefficient (Wildman–Crippen LogP) is 3.93. The van der Waals surface area contributed by atoms with Crippen LogP contribution in [0.4, 0.5) is 5.69 Å². The molecule has 0 fully saturated rings. The number of aromatic nitrogens is 2. The normalized spacial score (nSPS) is 10.7. The Balaban J connectivity index is 1.71. The summed E-state index contributed by atoms with van der Waals surface area (Å²) in [6.45, 7) is 3.96. The molecule has 118 valence electrons. The average molecular weight is 439 g/mol. The Bertz CT molecular complexity index is 862. The SMILES string of the molecule is Cc1sc2ncnc(OCC(=O)Nc3ccc(I)cc3)c2c1C. The van der Waals surface area contributed by atoms with Gasteiger partial charge in [-0.2, -0.15) is 0 Å². The van der Waals surface area contributed by atoms with Gasteiger partial charge in [0.25, 0.3) is 5.91 Å². The monoisotopic (exact) mass is 439 g/mol. The summed E-state index contributed by atoms with van der Waals surface area (Å²) < 4.78 is 6.73. The molecule has 0 bridgehead atoms. The highest BCUT2D eigenvalue weighted by molar-refractivity contribution is 14.1. The summed E-state index contributed by atoms with van der Waals surface area (Å²) in [6, 6.07) is 7.58. The van der Waals surface area contributed by atoms with Crippen LogP contribution in [0.1, 0.15) is 10.4 Å². The lowest BCUT2D eigenvalue weighted by Crippen LogP contribution is -2.20. The van der Waals surface area contributed by atoms with Crippen LogP contribution in [-0.2, 0) is 4.79 Å². The molecule has 0 radical (unpaired) electrons. The molecule has 1 amide bonds.